The molecule has 1 N–H and O–H groups in total. The van der Waals surface area contributed by atoms with Crippen LogP contribution in [-0.4, -0.2) is 76.5 Å². The van der Waals surface area contributed by atoms with Gasteiger partial charge >= 0.3 is 6.36 Å². The van der Waals surface area contributed by atoms with Gasteiger partial charge in [0.25, 0.3) is 11.8 Å². The van der Waals surface area contributed by atoms with Gasteiger partial charge in [0, 0.05) is 67.9 Å². The predicted octanol–water partition coefficient (Wildman–Crippen LogP) is 6.31. The number of halogens is 3. The highest BCUT2D eigenvalue weighted by molar-refractivity contribution is 8.00. The first-order valence-corrected chi connectivity index (χ1v) is 16.6. The Morgan fingerprint density at radius 3 is 2.13 bits per heavy atom. The molecule has 2 saturated heterocycles. The van der Waals surface area contributed by atoms with Gasteiger partial charge < -0.3 is 19.7 Å². The van der Waals surface area contributed by atoms with Gasteiger partial charge in [0.15, 0.2) is 0 Å². The van der Waals surface area contributed by atoms with Crippen LogP contribution in [0, 0.1) is 0 Å². The molecule has 1 saturated carbocycles. The average Bonchev–Trinajstić information content (AvgIpc) is 3.87. The number of pyridine rings is 1. The molecule has 1 aliphatic carbocycles. The van der Waals surface area contributed by atoms with E-state index in [1.54, 1.807) is 29.2 Å². The van der Waals surface area contributed by atoms with Gasteiger partial charge in [0.05, 0.1) is 5.56 Å². The van der Waals surface area contributed by atoms with Crippen molar-refractivity contribution in [1.82, 2.24) is 20.1 Å². The van der Waals surface area contributed by atoms with Gasteiger partial charge in [0.1, 0.15) is 23.3 Å². The molecule has 46 heavy (non-hydrogen) atoms. The highest BCUT2D eigenvalue weighted by Crippen LogP contribution is 2.39. The van der Waals surface area contributed by atoms with E-state index in [0.29, 0.717) is 30.9 Å². The van der Waals surface area contributed by atoms with Crippen molar-refractivity contribution in [2.45, 2.75) is 73.7 Å². The van der Waals surface area contributed by atoms with Gasteiger partial charge in [0.2, 0.25) is 0 Å². The van der Waals surface area contributed by atoms with E-state index in [1.807, 2.05) is 23.9 Å². The molecule has 0 radical (unpaired) electrons. The Kier molecular flexibility index (Phi) is 10.0. The Labute approximate surface area is 270 Å². The van der Waals surface area contributed by atoms with Crippen LogP contribution in [0.25, 0.3) is 0 Å². The lowest BCUT2D eigenvalue weighted by Crippen LogP contribution is -2.44. The first-order valence-electron chi connectivity index (χ1n) is 15.7. The van der Waals surface area contributed by atoms with Crippen LogP contribution in [-0.2, 0) is 6.54 Å². The van der Waals surface area contributed by atoms with Crippen LogP contribution in [0.2, 0.25) is 0 Å². The van der Waals surface area contributed by atoms with Crippen molar-refractivity contribution in [1.29, 1.82) is 0 Å². The second-order valence-corrected chi connectivity index (χ2v) is 13.4. The molecule has 2 aromatic carbocycles. The van der Waals surface area contributed by atoms with E-state index >= 15 is 0 Å². The molecule has 3 aromatic rings. The van der Waals surface area contributed by atoms with E-state index in [4.69, 9.17) is 4.74 Å². The number of nitrogens with one attached hydrogen (secondary N) is 1. The third-order valence-electron chi connectivity index (χ3n) is 8.41. The molecule has 2 amide bonds. The number of rotatable bonds is 10. The van der Waals surface area contributed by atoms with Crippen LogP contribution < -0.4 is 14.8 Å². The summed E-state index contributed by atoms with van der Waals surface area (Å²) in [5, 5.41) is 3.83. The van der Waals surface area contributed by atoms with E-state index in [-0.39, 0.29) is 29.7 Å². The van der Waals surface area contributed by atoms with Crippen molar-refractivity contribution in [2.75, 3.05) is 26.2 Å². The van der Waals surface area contributed by atoms with Crippen molar-refractivity contribution in [3.8, 4) is 11.5 Å². The molecule has 244 valence electrons. The molecule has 8 nitrogen and oxygen atoms in total. The third-order valence-corrected chi connectivity index (χ3v) is 9.76. The number of carbonyl (C=O) groups excluding carboxylic acids is 2. The van der Waals surface area contributed by atoms with Crippen molar-refractivity contribution in [3.63, 3.8) is 0 Å². The summed E-state index contributed by atoms with van der Waals surface area (Å²) < 4.78 is 47.2. The quantitative estimate of drug-likeness (QED) is 0.274. The summed E-state index contributed by atoms with van der Waals surface area (Å²) in [6.45, 7) is 3.25. The maximum absolute atomic E-state index is 13.1. The van der Waals surface area contributed by atoms with Gasteiger partial charge in [-0.1, -0.05) is 12.1 Å². The maximum atomic E-state index is 13.1. The van der Waals surface area contributed by atoms with E-state index in [2.05, 4.69) is 32.1 Å². The molecule has 0 unspecified atom stereocenters. The predicted molar refractivity (Wildman–Crippen MR) is 168 cm³/mol. The smallest absolute Gasteiger partial charge is 0.490 e. The number of likely N-dealkylation sites (tertiary alicyclic amines) is 2. The lowest BCUT2D eigenvalue weighted by atomic mass is 10.0. The van der Waals surface area contributed by atoms with Gasteiger partial charge in [-0.15, -0.1) is 24.9 Å². The molecule has 0 bridgehead atoms. The standard InChI is InChI=1S/C34H37F3N4O4S/c35-34(36,37)45-28-4-1-23(2-5-28)22-40-17-13-25(14-18-40)39-32(42)24-3-12-31(38-21-24)33(43)41-19-15-27(16-20-41)44-26-6-8-29(9-7-26)46-30-10-11-30/h1-9,12,21,25,27,30H,10-11,13-20,22H2,(H,39,42). The van der Waals surface area contributed by atoms with Gasteiger partial charge in [-0.2, -0.15) is 0 Å². The Hall–Kier alpha value is -3.77. The van der Waals surface area contributed by atoms with Crippen LogP contribution in [0.3, 0.4) is 0 Å². The number of amides is 2. The van der Waals surface area contributed by atoms with Crippen molar-refractivity contribution in [3.05, 3.63) is 83.7 Å². The largest absolute Gasteiger partial charge is 0.573 e. The van der Waals surface area contributed by atoms with Gasteiger partial charge in [-0.3, -0.25) is 19.5 Å². The highest BCUT2D eigenvalue weighted by Gasteiger charge is 2.31. The number of piperidine rings is 2. The van der Waals surface area contributed by atoms with Gasteiger partial charge in [-0.05, 0) is 79.8 Å². The van der Waals surface area contributed by atoms with Crippen molar-refractivity contribution < 1.29 is 32.2 Å². The summed E-state index contributed by atoms with van der Waals surface area (Å²) in [7, 11) is 0. The highest BCUT2D eigenvalue weighted by atomic mass is 32.2. The van der Waals surface area contributed by atoms with Crippen LogP contribution >= 0.6 is 11.8 Å². The number of hydrogen-bond acceptors (Lipinski definition) is 7. The molecule has 3 aliphatic rings. The third kappa shape index (κ3) is 9.16. The minimum atomic E-state index is -4.71. The normalized spacial score (nSPS) is 18.3. The maximum Gasteiger partial charge on any atom is 0.573 e. The summed E-state index contributed by atoms with van der Waals surface area (Å²) in [6, 6.07) is 17.4. The second-order valence-electron chi connectivity index (χ2n) is 12.0. The van der Waals surface area contributed by atoms with Crippen molar-refractivity contribution in [2.24, 2.45) is 0 Å². The van der Waals surface area contributed by atoms with E-state index in [1.165, 1.54) is 36.1 Å². The van der Waals surface area contributed by atoms with E-state index in [0.717, 1.165) is 55.3 Å². The first kappa shape index (κ1) is 32.2. The lowest BCUT2D eigenvalue weighted by Gasteiger charge is -2.32. The fourth-order valence-corrected chi connectivity index (χ4v) is 6.77. The number of benzene rings is 2. The molecule has 3 fully saturated rings. The summed E-state index contributed by atoms with van der Waals surface area (Å²) in [5.41, 5.74) is 1.60. The Balaban J connectivity index is 0.906. The number of nitrogens with zero attached hydrogens (tertiary/aromatic N) is 3. The Bertz CT molecular complexity index is 1470. The SMILES string of the molecule is O=C(NC1CCN(Cc2ccc(OC(F)(F)F)cc2)CC1)c1ccc(C(=O)N2CCC(Oc3ccc(SC4CC4)cc3)CC2)nc1. The number of ether oxygens (including phenoxy) is 2. The zero-order valence-corrected chi connectivity index (χ0v) is 26.2. The minimum absolute atomic E-state index is 0.00398. The number of thioether (sulfide) groups is 1. The molecule has 6 rings (SSSR count). The average molecular weight is 655 g/mol. The zero-order chi connectivity index (χ0) is 32.1. The van der Waals surface area contributed by atoms with Crippen molar-refractivity contribution >= 4 is 23.6 Å². The number of hydrogen-bond donors (Lipinski definition) is 1. The Morgan fingerprint density at radius 2 is 1.52 bits per heavy atom. The molecular formula is C34H37F3N4O4S. The molecule has 0 spiro atoms. The van der Waals surface area contributed by atoms with Crippen LogP contribution in [0.4, 0.5) is 13.2 Å². The topological polar surface area (TPSA) is 84.0 Å². The zero-order valence-electron chi connectivity index (χ0n) is 25.4. The summed E-state index contributed by atoms with van der Waals surface area (Å²) in [4.78, 5) is 35.5. The number of carbonyl (C=O) groups is 2. The fraction of sp³-hybridized carbons (Fsp3) is 0.441. The number of alkyl halides is 3. The van der Waals surface area contributed by atoms with Crippen LogP contribution in [0.15, 0.2) is 71.8 Å². The minimum Gasteiger partial charge on any atom is -0.490 e. The summed E-state index contributed by atoms with van der Waals surface area (Å²) in [5.74, 6) is 0.234. The van der Waals surface area contributed by atoms with Gasteiger partial charge in [-0.25, -0.2) is 0 Å². The van der Waals surface area contributed by atoms with E-state index < -0.39 is 6.36 Å². The summed E-state index contributed by atoms with van der Waals surface area (Å²) in [6.07, 6.45) is 2.38. The molecule has 2 aliphatic heterocycles. The second kappa shape index (κ2) is 14.3. The molecule has 12 heteroatoms. The molecule has 1 aromatic heterocycles. The lowest BCUT2D eigenvalue weighted by molar-refractivity contribution is -0.274. The first-order chi connectivity index (χ1) is 22.2. The molecule has 3 heterocycles. The molecule has 0 atom stereocenters. The molecular weight excluding hydrogens is 617 g/mol. The van der Waals surface area contributed by atoms with Crippen LogP contribution in [0.5, 0.6) is 11.5 Å². The summed E-state index contributed by atoms with van der Waals surface area (Å²) >= 11 is 1.92. The Morgan fingerprint density at radius 1 is 0.848 bits per heavy atom. The monoisotopic (exact) mass is 654 g/mol. The fourth-order valence-electron chi connectivity index (χ4n) is 5.72. The number of aromatic nitrogens is 1. The van der Waals surface area contributed by atoms with E-state index in [9.17, 15) is 22.8 Å². The van der Waals surface area contributed by atoms with Crippen LogP contribution in [0.1, 0.15) is 64.9 Å².